The standard InChI is InChI=1S/C13H11F3N2O3/c14-13(15,16)9-4-2-1-3-8(9)7-21-12(20)10-5-6-11(19)18-17-10/h1-5,17H,6-7H2,(H,18,19). The van der Waals surface area contributed by atoms with Crippen molar-refractivity contribution >= 4 is 11.9 Å². The topological polar surface area (TPSA) is 67.4 Å². The second kappa shape index (κ2) is 5.86. The fourth-order valence-electron chi connectivity index (χ4n) is 1.71. The summed E-state index contributed by atoms with van der Waals surface area (Å²) < 4.78 is 43.1. The first-order chi connectivity index (χ1) is 9.88. The van der Waals surface area contributed by atoms with E-state index in [1.165, 1.54) is 24.3 Å². The van der Waals surface area contributed by atoms with Gasteiger partial charge in [-0.1, -0.05) is 18.2 Å². The maximum absolute atomic E-state index is 12.8. The van der Waals surface area contributed by atoms with Crippen LogP contribution in [0.25, 0.3) is 0 Å². The molecule has 2 N–H and O–H groups in total. The minimum atomic E-state index is -4.51. The van der Waals surface area contributed by atoms with Crippen LogP contribution in [0.15, 0.2) is 36.0 Å². The molecule has 0 atom stereocenters. The first-order valence-corrected chi connectivity index (χ1v) is 5.95. The molecule has 1 aromatic rings. The summed E-state index contributed by atoms with van der Waals surface area (Å²) in [6.07, 6.45) is -3.22. The third-order valence-electron chi connectivity index (χ3n) is 2.73. The monoisotopic (exact) mass is 300 g/mol. The lowest BCUT2D eigenvalue weighted by atomic mass is 10.1. The van der Waals surface area contributed by atoms with Crippen molar-refractivity contribution in [1.29, 1.82) is 0 Å². The second-order valence-corrected chi connectivity index (χ2v) is 4.23. The molecule has 112 valence electrons. The molecule has 0 aromatic heterocycles. The van der Waals surface area contributed by atoms with Gasteiger partial charge in [-0.2, -0.15) is 13.2 Å². The molecule has 0 saturated carbocycles. The lowest BCUT2D eigenvalue weighted by Crippen LogP contribution is -2.42. The largest absolute Gasteiger partial charge is 0.456 e. The molecular formula is C13H11F3N2O3. The SMILES string of the molecule is O=C1CC=C(C(=O)OCc2ccccc2C(F)(F)F)NN1. The Hall–Kier alpha value is -2.51. The second-order valence-electron chi connectivity index (χ2n) is 4.23. The van der Waals surface area contributed by atoms with Crippen LogP contribution in [-0.2, 0) is 27.1 Å². The zero-order chi connectivity index (χ0) is 15.5. The van der Waals surface area contributed by atoms with Crippen molar-refractivity contribution in [2.24, 2.45) is 0 Å². The van der Waals surface area contributed by atoms with Crippen LogP contribution in [0.5, 0.6) is 0 Å². The third kappa shape index (κ3) is 3.74. The minimum absolute atomic E-state index is 0.00340. The lowest BCUT2D eigenvalue weighted by Gasteiger charge is -2.16. The number of nitrogens with one attached hydrogen (secondary N) is 2. The van der Waals surface area contributed by atoms with Crippen LogP contribution in [-0.4, -0.2) is 11.9 Å². The van der Waals surface area contributed by atoms with E-state index in [1.807, 2.05) is 0 Å². The molecule has 0 radical (unpaired) electrons. The van der Waals surface area contributed by atoms with Gasteiger partial charge in [-0.25, -0.2) is 4.79 Å². The Bertz CT molecular complexity index is 597. The highest BCUT2D eigenvalue weighted by Crippen LogP contribution is 2.32. The van der Waals surface area contributed by atoms with Crippen molar-refractivity contribution in [3.8, 4) is 0 Å². The summed E-state index contributed by atoms with van der Waals surface area (Å²) in [7, 11) is 0. The van der Waals surface area contributed by atoms with Gasteiger partial charge in [-0.15, -0.1) is 0 Å². The third-order valence-corrected chi connectivity index (χ3v) is 2.73. The molecule has 2 rings (SSSR count). The number of ether oxygens (including phenoxy) is 1. The summed E-state index contributed by atoms with van der Waals surface area (Å²) in [6, 6.07) is 4.84. The molecule has 1 heterocycles. The molecule has 1 aliphatic heterocycles. The number of hydrazine groups is 1. The summed E-state index contributed by atoms with van der Waals surface area (Å²) >= 11 is 0. The molecular weight excluding hydrogens is 289 g/mol. The Morgan fingerprint density at radius 2 is 1.95 bits per heavy atom. The van der Waals surface area contributed by atoms with Gasteiger partial charge in [-0.3, -0.25) is 15.6 Å². The van der Waals surface area contributed by atoms with Gasteiger partial charge in [0.05, 0.1) is 5.56 Å². The van der Waals surface area contributed by atoms with E-state index < -0.39 is 24.3 Å². The van der Waals surface area contributed by atoms with Crippen LogP contribution in [0.3, 0.4) is 0 Å². The van der Waals surface area contributed by atoms with Crippen molar-refractivity contribution < 1.29 is 27.5 Å². The number of alkyl halides is 3. The molecule has 21 heavy (non-hydrogen) atoms. The molecule has 5 nitrogen and oxygen atoms in total. The van der Waals surface area contributed by atoms with E-state index in [9.17, 15) is 22.8 Å². The van der Waals surface area contributed by atoms with E-state index in [4.69, 9.17) is 4.74 Å². The first-order valence-electron chi connectivity index (χ1n) is 5.95. The van der Waals surface area contributed by atoms with Gasteiger partial charge >= 0.3 is 12.1 Å². The Balaban J connectivity index is 2.04. The van der Waals surface area contributed by atoms with Gasteiger partial charge < -0.3 is 4.74 Å². The first kappa shape index (κ1) is 14.9. The van der Waals surface area contributed by atoms with Crippen molar-refractivity contribution in [2.75, 3.05) is 0 Å². The zero-order valence-electron chi connectivity index (χ0n) is 10.7. The number of rotatable bonds is 3. The van der Waals surface area contributed by atoms with Crippen LogP contribution < -0.4 is 10.9 Å². The van der Waals surface area contributed by atoms with Crippen molar-refractivity contribution in [3.05, 3.63) is 47.2 Å². The van der Waals surface area contributed by atoms with Gasteiger partial charge in [0.2, 0.25) is 5.91 Å². The highest BCUT2D eigenvalue weighted by Gasteiger charge is 2.33. The number of hydrogen-bond acceptors (Lipinski definition) is 4. The average molecular weight is 300 g/mol. The maximum atomic E-state index is 12.8. The Morgan fingerprint density at radius 3 is 2.57 bits per heavy atom. The highest BCUT2D eigenvalue weighted by molar-refractivity contribution is 5.91. The summed E-state index contributed by atoms with van der Waals surface area (Å²) in [5.74, 6) is -1.17. The normalized spacial score (nSPS) is 14.8. The lowest BCUT2D eigenvalue weighted by molar-refractivity contribution is -0.145. The van der Waals surface area contributed by atoms with E-state index in [0.29, 0.717) is 0 Å². The van der Waals surface area contributed by atoms with E-state index in [-0.39, 0.29) is 23.6 Å². The number of hydrogen-bond donors (Lipinski definition) is 2. The van der Waals surface area contributed by atoms with E-state index in [1.54, 1.807) is 0 Å². The Morgan fingerprint density at radius 1 is 1.24 bits per heavy atom. The number of carbonyl (C=O) groups excluding carboxylic acids is 2. The van der Waals surface area contributed by atoms with E-state index >= 15 is 0 Å². The van der Waals surface area contributed by atoms with Gasteiger partial charge in [0.15, 0.2) is 0 Å². The molecule has 0 saturated heterocycles. The van der Waals surface area contributed by atoms with Gasteiger partial charge in [0.25, 0.3) is 0 Å². The smallest absolute Gasteiger partial charge is 0.416 e. The predicted molar refractivity (Wildman–Crippen MR) is 65.2 cm³/mol. The molecule has 0 aliphatic carbocycles. The van der Waals surface area contributed by atoms with Crippen LogP contribution in [0, 0.1) is 0 Å². The summed E-state index contributed by atoms with van der Waals surface area (Å²) in [5.41, 5.74) is 3.52. The van der Waals surface area contributed by atoms with Gasteiger partial charge in [-0.05, 0) is 12.1 Å². The fourth-order valence-corrected chi connectivity index (χ4v) is 1.71. The highest BCUT2D eigenvalue weighted by atomic mass is 19.4. The van der Waals surface area contributed by atoms with Crippen LogP contribution >= 0.6 is 0 Å². The number of esters is 1. The number of benzene rings is 1. The quantitative estimate of drug-likeness (QED) is 0.833. The average Bonchev–Trinajstić information content (AvgIpc) is 2.45. The van der Waals surface area contributed by atoms with Crippen LogP contribution in [0.1, 0.15) is 17.5 Å². The van der Waals surface area contributed by atoms with E-state index in [2.05, 4.69) is 10.9 Å². The zero-order valence-corrected chi connectivity index (χ0v) is 10.7. The van der Waals surface area contributed by atoms with Crippen molar-refractivity contribution in [1.82, 2.24) is 10.9 Å². The van der Waals surface area contributed by atoms with Crippen molar-refractivity contribution in [2.45, 2.75) is 19.2 Å². The summed E-state index contributed by atoms with van der Waals surface area (Å²) in [5, 5.41) is 0. The Labute approximate surface area is 117 Å². The van der Waals surface area contributed by atoms with Gasteiger partial charge in [0.1, 0.15) is 12.3 Å². The molecule has 8 heteroatoms. The predicted octanol–water partition coefficient (Wildman–Crippen LogP) is 1.66. The minimum Gasteiger partial charge on any atom is -0.456 e. The van der Waals surface area contributed by atoms with E-state index in [0.717, 1.165) is 6.07 Å². The summed E-state index contributed by atoms with van der Waals surface area (Å²) in [6.45, 7) is -0.512. The summed E-state index contributed by atoms with van der Waals surface area (Å²) in [4.78, 5) is 22.5. The molecule has 0 bridgehead atoms. The Kier molecular flexibility index (Phi) is 4.15. The molecule has 1 amide bonds. The number of halogens is 3. The molecule has 0 fully saturated rings. The van der Waals surface area contributed by atoms with Crippen LogP contribution in [0.2, 0.25) is 0 Å². The van der Waals surface area contributed by atoms with Crippen LogP contribution in [0.4, 0.5) is 13.2 Å². The molecule has 0 spiro atoms. The molecule has 1 aliphatic rings. The molecule has 0 unspecified atom stereocenters. The maximum Gasteiger partial charge on any atom is 0.416 e. The van der Waals surface area contributed by atoms with Crippen molar-refractivity contribution in [3.63, 3.8) is 0 Å². The van der Waals surface area contributed by atoms with Gasteiger partial charge in [0, 0.05) is 12.0 Å². The number of carbonyl (C=O) groups is 2. The number of amides is 1. The molecule has 1 aromatic carbocycles. The fraction of sp³-hybridized carbons (Fsp3) is 0.231.